The Morgan fingerprint density at radius 2 is 1.78 bits per heavy atom. The van der Waals surface area contributed by atoms with Crippen molar-refractivity contribution in [1.29, 1.82) is 0 Å². The number of benzene rings is 2. The molecule has 27 heavy (non-hydrogen) atoms. The van der Waals surface area contributed by atoms with Gasteiger partial charge in [0.25, 0.3) is 0 Å². The fourth-order valence-corrected chi connectivity index (χ4v) is 3.32. The van der Waals surface area contributed by atoms with E-state index < -0.39 is 0 Å². The minimum absolute atomic E-state index is 0.184. The van der Waals surface area contributed by atoms with Crippen LogP contribution in [0.25, 0.3) is 6.08 Å². The number of piperazine rings is 1. The molecule has 4 nitrogen and oxygen atoms in total. The Morgan fingerprint density at radius 1 is 1.04 bits per heavy atom. The van der Waals surface area contributed by atoms with E-state index in [4.69, 9.17) is 23.2 Å². The van der Waals surface area contributed by atoms with Crippen molar-refractivity contribution in [2.75, 3.05) is 43.4 Å². The van der Waals surface area contributed by atoms with Crippen LogP contribution in [0.4, 0.5) is 11.4 Å². The smallest absolute Gasteiger partial charge is 0.248 e. The molecule has 0 aliphatic carbocycles. The van der Waals surface area contributed by atoms with Crippen LogP contribution in [0, 0.1) is 6.92 Å². The van der Waals surface area contributed by atoms with Crippen molar-refractivity contribution in [2.45, 2.75) is 6.92 Å². The highest BCUT2D eigenvalue weighted by atomic mass is 35.5. The average molecular weight is 404 g/mol. The van der Waals surface area contributed by atoms with Crippen molar-refractivity contribution in [2.24, 2.45) is 0 Å². The van der Waals surface area contributed by atoms with Crippen molar-refractivity contribution < 1.29 is 4.79 Å². The van der Waals surface area contributed by atoms with Gasteiger partial charge in [-0.15, -0.1) is 0 Å². The minimum Gasteiger partial charge on any atom is -0.369 e. The molecule has 6 heteroatoms. The van der Waals surface area contributed by atoms with Gasteiger partial charge in [-0.3, -0.25) is 4.79 Å². The Balaban J connectivity index is 1.63. The fourth-order valence-electron chi connectivity index (χ4n) is 3.01. The van der Waals surface area contributed by atoms with E-state index in [-0.39, 0.29) is 5.91 Å². The van der Waals surface area contributed by atoms with Crippen molar-refractivity contribution in [3.8, 4) is 0 Å². The van der Waals surface area contributed by atoms with Gasteiger partial charge in [0.2, 0.25) is 5.91 Å². The summed E-state index contributed by atoms with van der Waals surface area (Å²) in [4.78, 5) is 16.9. The first-order valence-corrected chi connectivity index (χ1v) is 9.66. The van der Waals surface area contributed by atoms with E-state index >= 15 is 0 Å². The Kier molecular flexibility index (Phi) is 6.42. The zero-order valence-corrected chi connectivity index (χ0v) is 17.0. The number of hydrogen-bond acceptors (Lipinski definition) is 3. The molecule has 1 aliphatic rings. The molecule has 142 valence electrons. The molecule has 1 N–H and O–H groups in total. The normalized spacial score (nSPS) is 15.3. The van der Waals surface area contributed by atoms with Crippen molar-refractivity contribution in [3.63, 3.8) is 0 Å². The zero-order chi connectivity index (χ0) is 19.4. The summed E-state index contributed by atoms with van der Waals surface area (Å²) in [6, 6.07) is 11.4. The molecule has 0 radical (unpaired) electrons. The van der Waals surface area contributed by atoms with E-state index in [1.807, 2.05) is 19.1 Å². The van der Waals surface area contributed by atoms with E-state index in [2.05, 4.69) is 34.3 Å². The van der Waals surface area contributed by atoms with Gasteiger partial charge in [0, 0.05) is 43.6 Å². The minimum atomic E-state index is -0.184. The standard InChI is InChI=1S/C21H23Cl2N3O/c1-15-13-17(26-11-9-25(2)10-12-26)5-7-20(15)24-21(27)8-4-16-3-6-18(22)19(23)14-16/h3-8,13-14H,9-12H2,1-2H3,(H,24,27)/b8-4+. The quantitative estimate of drug-likeness (QED) is 0.750. The summed E-state index contributed by atoms with van der Waals surface area (Å²) >= 11 is 11.9. The number of nitrogens with zero attached hydrogens (tertiary/aromatic N) is 2. The molecule has 0 aromatic heterocycles. The molecule has 2 aromatic rings. The first-order chi connectivity index (χ1) is 12.9. The van der Waals surface area contributed by atoms with Gasteiger partial charge in [-0.2, -0.15) is 0 Å². The summed E-state index contributed by atoms with van der Waals surface area (Å²) < 4.78 is 0. The molecule has 1 heterocycles. The summed E-state index contributed by atoms with van der Waals surface area (Å²) in [5.41, 5.74) is 3.88. The van der Waals surface area contributed by atoms with Gasteiger partial charge in [0.05, 0.1) is 10.0 Å². The van der Waals surface area contributed by atoms with Crippen LogP contribution >= 0.6 is 23.2 Å². The fraction of sp³-hybridized carbons (Fsp3) is 0.286. The summed E-state index contributed by atoms with van der Waals surface area (Å²) in [6.07, 6.45) is 3.21. The molecule has 3 rings (SSSR count). The topological polar surface area (TPSA) is 35.6 Å². The number of amides is 1. The van der Waals surface area contributed by atoms with Crippen LogP contribution in [0.1, 0.15) is 11.1 Å². The SMILES string of the molecule is Cc1cc(N2CCN(C)CC2)ccc1NC(=O)/C=C/c1ccc(Cl)c(Cl)c1. The lowest BCUT2D eigenvalue weighted by atomic mass is 10.1. The largest absolute Gasteiger partial charge is 0.369 e. The third-order valence-electron chi connectivity index (χ3n) is 4.71. The van der Waals surface area contributed by atoms with Crippen LogP contribution in [-0.4, -0.2) is 44.0 Å². The number of anilines is 2. The molecule has 1 fully saturated rings. The monoisotopic (exact) mass is 403 g/mol. The first-order valence-electron chi connectivity index (χ1n) is 8.90. The third-order valence-corrected chi connectivity index (χ3v) is 5.45. The van der Waals surface area contributed by atoms with Crippen LogP contribution in [0.15, 0.2) is 42.5 Å². The van der Waals surface area contributed by atoms with E-state index in [0.717, 1.165) is 43.0 Å². The predicted octanol–water partition coefficient (Wildman–Crippen LogP) is 4.71. The van der Waals surface area contributed by atoms with Crippen LogP contribution in [0.5, 0.6) is 0 Å². The number of halogens is 2. The second-order valence-corrected chi connectivity index (χ2v) is 7.60. The molecule has 0 unspecified atom stereocenters. The van der Waals surface area contributed by atoms with Crippen molar-refractivity contribution >= 4 is 46.6 Å². The van der Waals surface area contributed by atoms with E-state index in [1.54, 1.807) is 18.2 Å². The summed E-state index contributed by atoms with van der Waals surface area (Å²) in [7, 11) is 2.15. The maximum absolute atomic E-state index is 12.2. The predicted molar refractivity (Wildman–Crippen MR) is 115 cm³/mol. The highest BCUT2D eigenvalue weighted by Crippen LogP contribution is 2.25. The Labute approximate surface area is 170 Å². The summed E-state index contributed by atoms with van der Waals surface area (Å²) in [5, 5.41) is 3.89. The Hall–Kier alpha value is -2.01. The summed E-state index contributed by atoms with van der Waals surface area (Å²) in [5.74, 6) is -0.184. The second-order valence-electron chi connectivity index (χ2n) is 6.79. The van der Waals surface area contributed by atoms with Crippen LogP contribution < -0.4 is 10.2 Å². The molecule has 1 saturated heterocycles. The van der Waals surface area contributed by atoms with Crippen molar-refractivity contribution in [1.82, 2.24) is 4.90 Å². The lowest BCUT2D eigenvalue weighted by Gasteiger charge is -2.34. The molecular formula is C21H23Cl2N3O. The van der Waals surface area contributed by atoms with E-state index in [9.17, 15) is 4.79 Å². The second kappa shape index (κ2) is 8.79. The lowest BCUT2D eigenvalue weighted by molar-refractivity contribution is -0.111. The zero-order valence-electron chi connectivity index (χ0n) is 15.5. The molecule has 0 atom stereocenters. The molecule has 0 spiro atoms. The number of carbonyl (C=O) groups is 1. The number of aryl methyl sites for hydroxylation is 1. The van der Waals surface area contributed by atoms with Gasteiger partial charge < -0.3 is 15.1 Å². The van der Waals surface area contributed by atoms with E-state index in [0.29, 0.717) is 10.0 Å². The number of likely N-dealkylation sites (N-methyl/N-ethyl adjacent to an activating group) is 1. The number of rotatable bonds is 4. The van der Waals surface area contributed by atoms with Crippen LogP contribution in [-0.2, 0) is 4.79 Å². The molecule has 0 bridgehead atoms. The number of hydrogen-bond donors (Lipinski definition) is 1. The van der Waals surface area contributed by atoms with Gasteiger partial charge in [-0.05, 0) is 61.5 Å². The highest BCUT2D eigenvalue weighted by Gasteiger charge is 2.15. The Morgan fingerprint density at radius 3 is 2.44 bits per heavy atom. The van der Waals surface area contributed by atoms with Gasteiger partial charge in [0.1, 0.15) is 0 Å². The molecule has 1 amide bonds. The maximum Gasteiger partial charge on any atom is 0.248 e. The number of carbonyl (C=O) groups excluding carboxylic acids is 1. The molecule has 0 saturated carbocycles. The maximum atomic E-state index is 12.2. The van der Waals surface area contributed by atoms with Gasteiger partial charge in [-0.1, -0.05) is 29.3 Å². The van der Waals surface area contributed by atoms with Gasteiger partial charge in [0.15, 0.2) is 0 Å². The molecule has 1 aliphatic heterocycles. The molecular weight excluding hydrogens is 381 g/mol. The third kappa shape index (κ3) is 5.25. The Bertz CT molecular complexity index is 859. The highest BCUT2D eigenvalue weighted by molar-refractivity contribution is 6.42. The first kappa shape index (κ1) is 19.7. The van der Waals surface area contributed by atoms with Gasteiger partial charge >= 0.3 is 0 Å². The van der Waals surface area contributed by atoms with Crippen molar-refractivity contribution in [3.05, 3.63) is 63.6 Å². The van der Waals surface area contributed by atoms with Gasteiger partial charge in [-0.25, -0.2) is 0 Å². The van der Waals surface area contributed by atoms with Crippen LogP contribution in [0.3, 0.4) is 0 Å². The van der Waals surface area contributed by atoms with E-state index in [1.165, 1.54) is 11.8 Å². The average Bonchev–Trinajstić information content (AvgIpc) is 2.65. The van der Waals surface area contributed by atoms with Crippen LogP contribution in [0.2, 0.25) is 10.0 Å². The molecule has 2 aromatic carbocycles. The lowest BCUT2D eigenvalue weighted by Crippen LogP contribution is -2.44. The summed E-state index contributed by atoms with van der Waals surface area (Å²) in [6.45, 7) is 6.19. The number of nitrogens with one attached hydrogen (secondary N) is 1.